The summed E-state index contributed by atoms with van der Waals surface area (Å²) in [7, 11) is 0. The number of fused-ring (bicyclic) bond motifs is 1. The molecule has 2 aromatic rings. The normalized spacial score (nSPS) is 22.4. The van der Waals surface area contributed by atoms with E-state index in [1.807, 2.05) is 35.2 Å². The van der Waals surface area contributed by atoms with Gasteiger partial charge in [-0.1, -0.05) is 19.9 Å². The van der Waals surface area contributed by atoms with Crippen LogP contribution in [0, 0.1) is 11.8 Å². The number of aromatic nitrogens is 1. The van der Waals surface area contributed by atoms with Crippen molar-refractivity contribution in [3.63, 3.8) is 0 Å². The smallest absolute Gasteiger partial charge is 0.322 e. The van der Waals surface area contributed by atoms with E-state index in [4.69, 9.17) is 0 Å². The van der Waals surface area contributed by atoms with Crippen LogP contribution in [0.2, 0.25) is 0 Å². The summed E-state index contributed by atoms with van der Waals surface area (Å²) in [6.07, 6.45) is 4.59. The third-order valence-electron chi connectivity index (χ3n) is 6.41. The minimum atomic E-state index is -0.856. The summed E-state index contributed by atoms with van der Waals surface area (Å²) in [5.74, 6) is 0.235. The second-order valence-electron chi connectivity index (χ2n) is 8.79. The van der Waals surface area contributed by atoms with Crippen molar-refractivity contribution in [1.82, 2.24) is 20.5 Å². The molecule has 1 atom stereocenters. The molecule has 0 aliphatic carbocycles. The van der Waals surface area contributed by atoms with E-state index in [1.54, 1.807) is 6.20 Å². The molecule has 4 rings (SSSR count). The van der Waals surface area contributed by atoms with Gasteiger partial charge in [-0.3, -0.25) is 19.9 Å². The molecule has 7 nitrogen and oxygen atoms in total. The maximum atomic E-state index is 13.0. The molecule has 0 saturated carbocycles. The largest absolute Gasteiger partial charge is 0.339 e. The van der Waals surface area contributed by atoms with Gasteiger partial charge in [-0.25, -0.2) is 4.79 Å². The lowest BCUT2D eigenvalue weighted by molar-refractivity contribution is -0.127. The van der Waals surface area contributed by atoms with Gasteiger partial charge in [0.1, 0.15) is 5.54 Å². The number of urea groups is 1. The third kappa shape index (κ3) is 3.76. The summed E-state index contributed by atoms with van der Waals surface area (Å²) in [6.45, 7) is 5.37. The molecule has 1 unspecified atom stereocenters. The summed E-state index contributed by atoms with van der Waals surface area (Å²) in [5.41, 5.74) is 0.656. The fourth-order valence-corrected chi connectivity index (χ4v) is 4.66. The first-order chi connectivity index (χ1) is 14.4. The van der Waals surface area contributed by atoms with Crippen LogP contribution in [0.4, 0.5) is 4.79 Å². The number of amides is 4. The molecular formula is C23H28N4O3. The zero-order valence-corrected chi connectivity index (χ0v) is 17.5. The minimum Gasteiger partial charge on any atom is -0.339 e. The van der Waals surface area contributed by atoms with E-state index in [1.165, 1.54) is 0 Å². The average molecular weight is 409 g/mol. The Morgan fingerprint density at radius 1 is 1.23 bits per heavy atom. The number of hydrogen-bond donors (Lipinski definition) is 2. The first-order valence-corrected chi connectivity index (χ1v) is 10.7. The van der Waals surface area contributed by atoms with E-state index in [0.717, 1.165) is 17.3 Å². The Morgan fingerprint density at radius 3 is 2.67 bits per heavy atom. The molecule has 2 saturated heterocycles. The molecule has 0 radical (unpaired) electrons. The quantitative estimate of drug-likeness (QED) is 0.744. The van der Waals surface area contributed by atoms with Gasteiger partial charge in [-0.05, 0) is 61.8 Å². The third-order valence-corrected chi connectivity index (χ3v) is 6.41. The van der Waals surface area contributed by atoms with E-state index in [2.05, 4.69) is 29.5 Å². The summed E-state index contributed by atoms with van der Waals surface area (Å²) < 4.78 is 0. The van der Waals surface area contributed by atoms with Crippen LogP contribution in [0.15, 0.2) is 36.5 Å². The molecule has 4 amide bonds. The molecule has 158 valence electrons. The van der Waals surface area contributed by atoms with Crippen molar-refractivity contribution in [3.05, 3.63) is 42.1 Å². The Bertz CT molecular complexity index is 981. The zero-order chi connectivity index (χ0) is 21.3. The van der Waals surface area contributed by atoms with Gasteiger partial charge in [-0.2, -0.15) is 0 Å². The maximum absolute atomic E-state index is 13.0. The van der Waals surface area contributed by atoms with Gasteiger partial charge in [0.2, 0.25) is 0 Å². The number of likely N-dealkylation sites (tertiary alicyclic amines) is 1. The van der Waals surface area contributed by atoms with Crippen molar-refractivity contribution in [1.29, 1.82) is 0 Å². The molecule has 2 N–H and O–H groups in total. The van der Waals surface area contributed by atoms with Crippen molar-refractivity contribution in [2.45, 2.75) is 45.1 Å². The molecule has 2 fully saturated rings. The van der Waals surface area contributed by atoms with E-state index >= 15 is 0 Å². The van der Waals surface area contributed by atoms with Crippen LogP contribution < -0.4 is 10.6 Å². The Labute approximate surface area is 176 Å². The Kier molecular flexibility index (Phi) is 5.45. The van der Waals surface area contributed by atoms with Gasteiger partial charge in [-0.15, -0.1) is 0 Å². The SMILES string of the molecule is CC(C)CCC1(C2CCN(C(=O)c3ccc4ncccc4c3)CC2)NC(=O)NC1=O. The predicted molar refractivity (Wildman–Crippen MR) is 114 cm³/mol. The maximum Gasteiger partial charge on any atom is 0.322 e. The first-order valence-electron chi connectivity index (χ1n) is 10.7. The van der Waals surface area contributed by atoms with Crippen molar-refractivity contribution in [2.75, 3.05) is 13.1 Å². The molecular weight excluding hydrogens is 380 g/mol. The lowest BCUT2D eigenvalue weighted by Crippen LogP contribution is -2.56. The van der Waals surface area contributed by atoms with Gasteiger partial charge in [0.15, 0.2) is 0 Å². The van der Waals surface area contributed by atoms with Crippen LogP contribution >= 0.6 is 0 Å². The Morgan fingerprint density at radius 2 is 2.00 bits per heavy atom. The van der Waals surface area contributed by atoms with Crippen LogP contribution in [-0.4, -0.2) is 46.4 Å². The molecule has 1 aromatic heterocycles. The molecule has 0 spiro atoms. The summed E-state index contributed by atoms with van der Waals surface area (Å²) >= 11 is 0. The van der Waals surface area contributed by atoms with Crippen molar-refractivity contribution in [3.8, 4) is 0 Å². The number of hydrogen-bond acceptors (Lipinski definition) is 4. The second kappa shape index (κ2) is 8.05. The summed E-state index contributed by atoms with van der Waals surface area (Å²) in [5, 5.41) is 6.30. The highest BCUT2D eigenvalue weighted by molar-refractivity contribution is 6.07. The van der Waals surface area contributed by atoms with Gasteiger partial charge >= 0.3 is 6.03 Å². The lowest BCUT2D eigenvalue weighted by Gasteiger charge is -2.41. The van der Waals surface area contributed by atoms with E-state index in [-0.39, 0.29) is 17.7 Å². The van der Waals surface area contributed by atoms with Gasteiger partial charge < -0.3 is 10.2 Å². The summed E-state index contributed by atoms with van der Waals surface area (Å²) in [6, 6.07) is 8.97. The highest BCUT2D eigenvalue weighted by atomic mass is 16.2. The number of nitrogens with zero attached hydrogens (tertiary/aromatic N) is 2. The van der Waals surface area contributed by atoms with Crippen LogP contribution in [0.3, 0.4) is 0 Å². The number of carbonyl (C=O) groups is 3. The van der Waals surface area contributed by atoms with Crippen LogP contribution in [0.25, 0.3) is 10.9 Å². The minimum absolute atomic E-state index is 0.00431. The van der Waals surface area contributed by atoms with Crippen molar-refractivity contribution < 1.29 is 14.4 Å². The number of pyridine rings is 1. The summed E-state index contributed by atoms with van der Waals surface area (Å²) in [4.78, 5) is 43.8. The first kappa shape index (κ1) is 20.3. The molecule has 30 heavy (non-hydrogen) atoms. The van der Waals surface area contributed by atoms with E-state index < -0.39 is 11.6 Å². The lowest BCUT2D eigenvalue weighted by atomic mass is 9.74. The Hall–Kier alpha value is -2.96. The predicted octanol–water partition coefficient (Wildman–Crippen LogP) is 3.10. The zero-order valence-electron chi connectivity index (χ0n) is 17.5. The van der Waals surface area contributed by atoms with Crippen LogP contribution in [0.5, 0.6) is 0 Å². The molecule has 1 aromatic carbocycles. The fourth-order valence-electron chi connectivity index (χ4n) is 4.66. The fraction of sp³-hybridized carbons (Fsp3) is 0.478. The molecule has 0 bridgehead atoms. The number of nitrogens with one attached hydrogen (secondary N) is 2. The monoisotopic (exact) mass is 408 g/mol. The van der Waals surface area contributed by atoms with E-state index in [9.17, 15) is 14.4 Å². The van der Waals surface area contributed by atoms with Crippen molar-refractivity contribution in [2.24, 2.45) is 11.8 Å². The standard InChI is InChI=1S/C23H28N4O3/c1-15(2)7-10-23(21(29)25-22(30)26-23)18-8-12-27(13-9-18)20(28)17-5-6-19-16(14-17)4-3-11-24-19/h3-6,11,14-15,18H,7-10,12-13H2,1-2H3,(H2,25,26,29,30). The number of imide groups is 1. The van der Waals surface area contributed by atoms with Gasteiger partial charge in [0, 0.05) is 30.2 Å². The molecule has 7 heteroatoms. The van der Waals surface area contributed by atoms with E-state index in [0.29, 0.717) is 43.8 Å². The van der Waals surface area contributed by atoms with Crippen LogP contribution in [0.1, 0.15) is 49.9 Å². The molecule has 2 aliphatic rings. The molecule has 3 heterocycles. The number of carbonyl (C=O) groups excluding carboxylic acids is 3. The van der Waals surface area contributed by atoms with Crippen LogP contribution in [-0.2, 0) is 4.79 Å². The number of benzene rings is 1. The highest BCUT2D eigenvalue weighted by Gasteiger charge is 2.52. The number of rotatable bonds is 5. The second-order valence-corrected chi connectivity index (χ2v) is 8.79. The van der Waals surface area contributed by atoms with Gasteiger partial charge in [0.25, 0.3) is 11.8 Å². The Balaban J connectivity index is 1.47. The van der Waals surface area contributed by atoms with Gasteiger partial charge in [0.05, 0.1) is 5.52 Å². The highest BCUT2D eigenvalue weighted by Crippen LogP contribution is 2.35. The van der Waals surface area contributed by atoms with Crippen molar-refractivity contribution >= 4 is 28.7 Å². The molecule has 2 aliphatic heterocycles. The average Bonchev–Trinajstić information content (AvgIpc) is 3.05. The topological polar surface area (TPSA) is 91.4 Å². The number of piperidine rings is 1.